The Labute approximate surface area is 196 Å². The van der Waals surface area contributed by atoms with Crippen molar-refractivity contribution >= 4 is 37.4 Å². The number of hydrogen-bond acceptors (Lipinski definition) is 3. The number of carbonyl (C=O) groups is 2. The van der Waals surface area contributed by atoms with Crippen LogP contribution in [0.1, 0.15) is 61.2 Å². The van der Waals surface area contributed by atoms with Gasteiger partial charge < -0.3 is 14.3 Å². The van der Waals surface area contributed by atoms with Gasteiger partial charge in [-0.2, -0.15) is 0 Å². The van der Waals surface area contributed by atoms with Crippen molar-refractivity contribution in [1.29, 1.82) is 0 Å². The summed E-state index contributed by atoms with van der Waals surface area (Å²) < 4.78 is 3.89. The Hall–Kier alpha value is -3.24. The first-order valence-electron chi connectivity index (χ1n) is 11.0. The summed E-state index contributed by atoms with van der Waals surface area (Å²) >= 11 is 0. The summed E-state index contributed by atoms with van der Waals surface area (Å²) in [6.07, 6.45) is 3.87. The second kappa shape index (κ2) is 8.60. The van der Waals surface area contributed by atoms with E-state index in [9.17, 15) is 9.59 Å². The average molecular weight is 461 g/mol. The van der Waals surface area contributed by atoms with Crippen LogP contribution >= 0.6 is 9.24 Å². The molecule has 1 unspecified atom stereocenters. The predicted molar refractivity (Wildman–Crippen MR) is 136 cm³/mol. The molecule has 0 aliphatic carbocycles. The summed E-state index contributed by atoms with van der Waals surface area (Å²) in [6.45, 7) is 10.5. The minimum Gasteiger partial charge on any atom is -0.325 e. The first-order chi connectivity index (χ1) is 15.6. The molecular weight excluding hydrogens is 431 g/mol. The third-order valence-corrected chi connectivity index (χ3v) is 6.49. The van der Waals surface area contributed by atoms with Crippen molar-refractivity contribution in [2.75, 3.05) is 5.32 Å². The van der Waals surface area contributed by atoms with E-state index in [-0.39, 0.29) is 5.54 Å². The van der Waals surface area contributed by atoms with Gasteiger partial charge in [-0.3, -0.25) is 9.59 Å². The third kappa shape index (κ3) is 4.23. The fourth-order valence-corrected chi connectivity index (χ4v) is 4.58. The van der Waals surface area contributed by atoms with Gasteiger partial charge in [-0.05, 0) is 62.6 Å². The third-order valence-electron chi connectivity index (χ3n) is 6.05. The standard InChI is InChI=1S/C26H29N4O2P/c1-16(2)21-15-30(17(3)27-21)26(4,5)18-9-8-10-19(13-18)28-25(32)24(31)23-22(33)14-20-11-6-7-12-29(20)23/h6-16H,33H2,1-5H3,(H,28,32). The van der Waals surface area contributed by atoms with Gasteiger partial charge in [-0.15, -0.1) is 9.24 Å². The van der Waals surface area contributed by atoms with Crippen molar-refractivity contribution in [3.8, 4) is 0 Å². The molecule has 170 valence electrons. The largest absolute Gasteiger partial charge is 0.325 e. The molecule has 6 nitrogen and oxygen atoms in total. The number of rotatable bonds is 6. The molecule has 1 N–H and O–H groups in total. The minimum atomic E-state index is -0.668. The van der Waals surface area contributed by atoms with E-state index in [0.717, 1.165) is 22.6 Å². The molecule has 7 heteroatoms. The number of amides is 1. The van der Waals surface area contributed by atoms with Crippen molar-refractivity contribution in [3.05, 3.63) is 83.7 Å². The van der Waals surface area contributed by atoms with Crippen LogP contribution in [0.4, 0.5) is 5.69 Å². The number of benzene rings is 1. The zero-order valence-corrected chi connectivity index (χ0v) is 20.7. The summed E-state index contributed by atoms with van der Waals surface area (Å²) in [5, 5.41) is 3.48. The van der Waals surface area contributed by atoms with Crippen LogP contribution in [0, 0.1) is 6.92 Å². The Bertz CT molecular complexity index is 1360. The first kappa shape index (κ1) is 22.9. The van der Waals surface area contributed by atoms with Crippen LogP contribution in [-0.4, -0.2) is 25.6 Å². The second-order valence-corrected chi connectivity index (χ2v) is 9.73. The molecule has 0 fully saturated rings. The number of aromatic nitrogens is 3. The number of hydrogen-bond donors (Lipinski definition) is 1. The molecule has 0 radical (unpaired) electrons. The highest BCUT2D eigenvalue weighted by Gasteiger charge is 2.27. The number of ketones is 1. The topological polar surface area (TPSA) is 68.4 Å². The zero-order valence-electron chi connectivity index (χ0n) is 19.6. The fraction of sp³-hybridized carbons (Fsp3) is 0.269. The monoisotopic (exact) mass is 460 g/mol. The average Bonchev–Trinajstić information content (AvgIpc) is 3.33. The number of Topliss-reactive ketones (excluding diaryl/α,β-unsaturated/α-hetero) is 1. The van der Waals surface area contributed by atoms with Gasteiger partial charge in [-0.1, -0.05) is 32.0 Å². The van der Waals surface area contributed by atoms with Gasteiger partial charge in [0.05, 0.1) is 11.2 Å². The van der Waals surface area contributed by atoms with E-state index in [1.165, 1.54) is 0 Å². The van der Waals surface area contributed by atoms with Crippen LogP contribution in [0.15, 0.2) is 60.9 Å². The van der Waals surface area contributed by atoms with Crippen molar-refractivity contribution in [2.45, 2.75) is 46.1 Å². The smallest absolute Gasteiger partial charge is 0.298 e. The maximum atomic E-state index is 13.0. The molecule has 1 aromatic carbocycles. The number of carbonyl (C=O) groups excluding carboxylic acids is 2. The van der Waals surface area contributed by atoms with Crippen LogP contribution in [-0.2, 0) is 10.3 Å². The van der Waals surface area contributed by atoms with Gasteiger partial charge in [0.15, 0.2) is 0 Å². The first-order valence-corrected chi connectivity index (χ1v) is 11.6. The van der Waals surface area contributed by atoms with Crippen LogP contribution in [0.3, 0.4) is 0 Å². The maximum Gasteiger partial charge on any atom is 0.298 e. The van der Waals surface area contributed by atoms with E-state index in [4.69, 9.17) is 4.98 Å². The summed E-state index contributed by atoms with van der Waals surface area (Å²) in [6, 6.07) is 15.1. The van der Waals surface area contributed by atoms with Gasteiger partial charge in [0, 0.05) is 28.9 Å². The van der Waals surface area contributed by atoms with Crippen molar-refractivity contribution in [2.24, 2.45) is 0 Å². The number of fused-ring (bicyclic) bond motifs is 1. The molecule has 0 saturated carbocycles. The van der Waals surface area contributed by atoms with E-state index < -0.39 is 11.7 Å². The summed E-state index contributed by atoms with van der Waals surface area (Å²) in [7, 11) is 2.54. The van der Waals surface area contributed by atoms with E-state index in [1.54, 1.807) is 16.7 Å². The lowest BCUT2D eigenvalue weighted by Gasteiger charge is -2.29. The molecule has 0 aliphatic rings. The zero-order chi connectivity index (χ0) is 23.9. The number of imidazole rings is 1. The number of nitrogens with zero attached hydrogens (tertiary/aromatic N) is 3. The minimum absolute atomic E-state index is 0.337. The van der Waals surface area contributed by atoms with Crippen LogP contribution in [0.2, 0.25) is 0 Å². The Balaban J connectivity index is 1.61. The molecule has 1 amide bonds. The van der Waals surface area contributed by atoms with Gasteiger partial charge in [-0.25, -0.2) is 4.98 Å². The molecular formula is C26H29N4O2P. The quantitative estimate of drug-likeness (QED) is 0.258. The molecule has 0 bridgehead atoms. The molecule has 1 atom stereocenters. The van der Waals surface area contributed by atoms with E-state index in [0.29, 0.717) is 22.6 Å². The molecule has 4 rings (SSSR count). The maximum absolute atomic E-state index is 13.0. The predicted octanol–water partition coefficient (Wildman–Crippen LogP) is 4.67. The van der Waals surface area contributed by atoms with Crippen LogP contribution in [0.25, 0.3) is 5.52 Å². The van der Waals surface area contributed by atoms with Crippen molar-refractivity contribution in [3.63, 3.8) is 0 Å². The molecule has 3 heterocycles. The van der Waals surface area contributed by atoms with E-state index >= 15 is 0 Å². The summed E-state index contributed by atoms with van der Waals surface area (Å²) in [4.78, 5) is 30.6. The number of anilines is 1. The van der Waals surface area contributed by atoms with Crippen molar-refractivity contribution < 1.29 is 9.59 Å². The van der Waals surface area contributed by atoms with E-state index in [1.807, 2.05) is 49.4 Å². The lowest BCUT2D eigenvalue weighted by Crippen LogP contribution is -2.29. The molecule has 0 aliphatic heterocycles. The lowest BCUT2D eigenvalue weighted by atomic mass is 9.93. The number of pyridine rings is 1. The highest BCUT2D eigenvalue weighted by atomic mass is 31.0. The Morgan fingerprint density at radius 3 is 2.55 bits per heavy atom. The second-order valence-electron chi connectivity index (χ2n) is 9.10. The Kier molecular flexibility index (Phi) is 5.98. The Morgan fingerprint density at radius 1 is 1.09 bits per heavy atom. The van der Waals surface area contributed by atoms with Crippen LogP contribution < -0.4 is 10.6 Å². The normalized spacial score (nSPS) is 11.8. The van der Waals surface area contributed by atoms with E-state index in [2.05, 4.69) is 53.0 Å². The molecule has 0 saturated heterocycles. The summed E-state index contributed by atoms with van der Waals surface area (Å²) in [5.74, 6) is 0.0202. The van der Waals surface area contributed by atoms with Gasteiger partial charge in [0.25, 0.3) is 11.7 Å². The van der Waals surface area contributed by atoms with Gasteiger partial charge in [0.2, 0.25) is 0 Å². The molecule has 0 spiro atoms. The molecule has 4 aromatic rings. The molecule has 33 heavy (non-hydrogen) atoms. The Morgan fingerprint density at radius 2 is 1.85 bits per heavy atom. The summed E-state index contributed by atoms with van der Waals surface area (Å²) in [5.41, 5.74) is 3.44. The van der Waals surface area contributed by atoms with Crippen molar-refractivity contribution in [1.82, 2.24) is 14.0 Å². The fourth-order valence-electron chi connectivity index (χ4n) is 4.14. The SMILES string of the molecule is Cc1nc(C(C)C)cn1C(C)(C)c1cccc(NC(=O)C(=O)c2c(P)cc3ccccn23)c1. The molecule has 3 aromatic heterocycles. The highest BCUT2D eigenvalue weighted by molar-refractivity contribution is 7.27. The van der Waals surface area contributed by atoms with Gasteiger partial charge in [0.1, 0.15) is 11.5 Å². The number of aryl methyl sites for hydroxylation is 1. The highest BCUT2D eigenvalue weighted by Crippen LogP contribution is 2.30. The lowest BCUT2D eigenvalue weighted by molar-refractivity contribution is -0.112. The number of nitrogens with one attached hydrogen (secondary N) is 1. The van der Waals surface area contributed by atoms with Gasteiger partial charge >= 0.3 is 0 Å². The van der Waals surface area contributed by atoms with Crippen LogP contribution in [0.5, 0.6) is 0 Å².